The average molecular weight is 408 g/mol. The van der Waals surface area contributed by atoms with Gasteiger partial charge in [-0.25, -0.2) is 8.42 Å². The Kier molecular flexibility index (Phi) is 5.95. The van der Waals surface area contributed by atoms with Gasteiger partial charge in [-0.05, 0) is 44.0 Å². The lowest BCUT2D eigenvalue weighted by Crippen LogP contribution is -2.46. The molecule has 9 heteroatoms. The summed E-state index contributed by atoms with van der Waals surface area (Å²) >= 11 is 0. The minimum Gasteiger partial charge on any atom is -0.493 e. The number of sulfonamides is 1. The molecule has 152 valence electrons. The SMILES string of the molecule is COc1ccc(S(=O)(=O)N2CCC(NC(=O)c3ccc(C)o3)CC2)cc1OC. The number of benzene rings is 1. The van der Waals surface area contributed by atoms with Crippen molar-refractivity contribution in [3.05, 3.63) is 41.9 Å². The molecule has 1 saturated heterocycles. The third-order valence-corrected chi connectivity index (χ3v) is 6.64. The van der Waals surface area contributed by atoms with Crippen molar-refractivity contribution in [3.63, 3.8) is 0 Å². The van der Waals surface area contributed by atoms with E-state index in [1.165, 1.54) is 30.7 Å². The largest absolute Gasteiger partial charge is 0.493 e. The molecule has 0 unspecified atom stereocenters. The minimum absolute atomic E-state index is 0.102. The number of carbonyl (C=O) groups is 1. The number of furan rings is 1. The van der Waals surface area contributed by atoms with E-state index in [-0.39, 0.29) is 22.6 Å². The molecule has 1 aliphatic heterocycles. The van der Waals surface area contributed by atoms with Crippen molar-refractivity contribution < 1.29 is 27.1 Å². The van der Waals surface area contributed by atoms with Gasteiger partial charge in [0.25, 0.3) is 5.91 Å². The van der Waals surface area contributed by atoms with Crippen LogP contribution in [0, 0.1) is 6.92 Å². The first-order valence-electron chi connectivity index (χ1n) is 8.94. The lowest BCUT2D eigenvalue weighted by molar-refractivity contribution is 0.0894. The van der Waals surface area contributed by atoms with Crippen LogP contribution in [-0.2, 0) is 10.0 Å². The second kappa shape index (κ2) is 8.24. The Hall–Kier alpha value is -2.52. The number of aryl methyl sites for hydroxylation is 1. The number of hydrogen-bond donors (Lipinski definition) is 1. The van der Waals surface area contributed by atoms with Gasteiger partial charge >= 0.3 is 0 Å². The summed E-state index contributed by atoms with van der Waals surface area (Å²) in [6, 6.07) is 7.79. The Morgan fingerprint density at radius 1 is 1.11 bits per heavy atom. The van der Waals surface area contributed by atoms with Crippen molar-refractivity contribution in [2.24, 2.45) is 0 Å². The fraction of sp³-hybridized carbons (Fsp3) is 0.421. The summed E-state index contributed by atoms with van der Waals surface area (Å²) in [4.78, 5) is 12.3. The van der Waals surface area contributed by atoms with E-state index in [0.717, 1.165) is 0 Å². The molecule has 1 fully saturated rings. The van der Waals surface area contributed by atoms with Crippen molar-refractivity contribution in [2.75, 3.05) is 27.3 Å². The maximum atomic E-state index is 12.9. The zero-order chi connectivity index (χ0) is 20.3. The minimum atomic E-state index is -3.65. The number of piperidine rings is 1. The highest BCUT2D eigenvalue weighted by Gasteiger charge is 2.31. The molecule has 2 aromatic rings. The second-order valence-electron chi connectivity index (χ2n) is 6.58. The normalized spacial score (nSPS) is 16.0. The zero-order valence-electron chi connectivity index (χ0n) is 16.1. The Bertz CT molecular complexity index is 945. The summed E-state index contributed by atoms with van der Waals surface area (Å²) in [6.45, 7) is 2.41. The summed E-state index contributed by atoms with van der Waals surface area (Å²) in [5.74, 6) is 1.48. The molecule has 1 N–H and O–H groups in total. The molecule has 1 aliphatic rings. The number of carbonyl (C=O) groups excluding carboxylic acids is 1. The van der Waals surface area contributed by atoms with Crippen LogP contribution in [0.1, 0.15) is 29.2 Å². The van der Waals surface area contributed by atoms with Crippen molar-refractivity contribution in [1.82, 2.24) is 9.62 Å². The quantitative estimate of drug-likeness (QED) is 0.787. The van der Waals surface area contributed by atoms with Crippen LogP contribution in [0.15, 0.2) is 39.6 Å². The number of methoxy groups -OCH3 is 2. The van der Waals surface area contributed by atoms with E-state index >= 15 is 0 Å². The summed E-state index contributed by atoms with van der Waals surface area (Å²) in [5, 5.41) is 2.90. The molecule has 0 saturated carbocycles. The molecule has 0 aliphatic carbocycles. The Labute approximate surface area is 164 Å². The Balaban J connectivity index is 1.64. The molecular weight excluding hydrogens is 384 g/mol. The number of rotatable bonds is 6. The Morgan fingerprint density at radius 3 is 2.36 bits per heavy atom. The highest BCUT2D eigenvalue weighted by atomic mass is 32.2. The van der Waals surface area contributed by atoms with Gasteiger partial charge < -0.3 is 19.2 Å². The van der Waals surface area contributed by atoms with Gasteiger partial charge in [0.1, 0.15) is 5.76 Å². The fourth-order valence-electron chi connectivity index (χ4n) is 3.18. The van der Waals surface area contributed by atoms with Crippen LogP contribution in [-0.4, -0.2) is 52.0 Å². The summed E-state index contributed by atoms with van der Waals surface area (Å²) in [7, 11) is -0.697. The predicted octanol–water partition coefficient (Wildman–Crippen LogP) is 2.19. The first-order chi connectivity index (χ1) is 13.3. The maximum Gasteiger partial charge on any atom is 0.287 e. The average Bonchev–Trinajstić information content (AvgIpc) is 3.14. The molecule has 0 spiro atoms. The second-order valence-corrected chi connectivity index (χ2v) is 8.52. The van der Waals surface area contributed by atoms with Crippen LogP contribution in [0.3, 0.4) is 0 Å². The molecule has 1 aromatic heterocycles. The number of nitrogens with zero attached hydrogens (tertiary/aromatic N) is 1. The summed E-state index contributed by atoms with van der Waals surface area (Å²) in [5.41, 5.74) is 0. The maximum absolute atomic E-state index is 12.9. The van der Waals surface area contributed by atoms with Gasteiger partial charge in [-0.15, -0.1) is 0 Å². The van der Waals surface area contributed by atoms with Crippen molar-refractivity contribution in [1.29, 1.82) is 0 Å². The topological polar surface area (TPSA) is 98.1 Å². The van der Waals surface area contributed by atoms with Crippen molar-refractivity contribution in [2.45, 2.75) is 30.7 Å². The molecule has 8 nitrogen and oxygen atoms in total. The summed E-state index contributed by atoms with van der Waals surface area (Å²) in [6.07, 6.45) is 1.05. The van der Waals surface area contributed by atoms with Gasteiger partial charge in [0.15, 0.2) is 17.3 Å². The molecule has 2 heterocycles. The highest BCUT2D eigenvalue weighted by Crippen LogP contribution is 2.31. The monoisotopic (exact) mass is 408 g/mol. The van der Waals surface area contributed by atoms with E-state index in [9.17, 15) is 13.2 Å². The third-order valence-electron chi connectivity index (χ3n) is 4.75. The predicted molar refractivity (Wildman–Crippen MR) is 102 cm³/mol. The van der Waals surface area contributed by atoms with E-state index in [1.807, 2.05) is 0 Å². The van der Waals surface area contributed by atoms with Crippen LogP contribution >= 0.6 is 0 Å². The van der Waals surface area contributed by atoms with E-state index < -0.39 is 10.0 Å². The molecule has 1 amide bonds. The van der Waals surface area contributed by atoms with E-state index in [4.69, 9.17) is 13.9 Å². The van der Waals surface area contributed by atoms with Crippen LogP contribution < -0.4 is 14.8 Å². The van der Waals surface area contributed by atoms with Gasteiger partial charge in [0.2, 0.25) is 10.0 Å². The van der Waals surface area contributed by atoms with Crippen LogP contribution in [0.5, 0.6) is 11.5 Å². The van der Waals surface area contributed by atoms with Crippen molar-refractivity contribution >= 4 is 15.9 Å². The lowest BCUT2D eigenvalue weighted by Gasteiger charge is -2.31. The molecule has 3 rings (SSSR count). The number of ether oxygens (including phenoxy) is 2. The highest BCUT2D eigenvalue weighted by molar-refractivity contribution is 7.89. The van der Waals surface area contributed by atoms with Gasteiger partial charge in [0, 0.05) is 25.2 Å². The van der Waals surface area contributed by atoms with Gasteiger partial charge in [-0.2, -0.15) is 4.31 Å². The van der Waals surface area contributed by atoms with Gasteiger partial charge in [-0.1, -0.05) is 0 Å². The number of nitrogens with one attached hydrogen (secondary N) is 1. The van der Waals surface area contributed by atoms with Crippen LogP contribution in [0.2, 0.25) is 0 Å². The smallest absolute Gasteiger partial charge is 0.287 e. The lowest BCUT2D eigenvalue weighted by atomic mass is 10.1. The van der Waals surface area contributed by atoms with E-state index in [0.29, 0.717) is 43.2 Å². The fourth-order valence-corrected chi connectivity index (χ4v) is 4.67. The first kappa shape index (κ1) is 20.2. The third kappa shape index (κ3) is 4.15. The Morgan fingerprint density at radius 2 is 1.79 bits per heavy atom. The van der Waals surface area contributed by atoms with Gasteiger partial charge in [-0.3, -0.25) is 4.79 Å². The molecule has 0 bridgehead atoms. The summed E-state index contributed by atoms with van der Waals surface area (Å²) < 4.78 is 43.0. The van der Waals surface area contributed by atoms with Crippen LogP contribution in [0.4, 0.5) is 0 Å². The van der Waals surface area contributed by atoms with E-state index in [1.54, 1.807) is 25.1 Å². The standard InChI is InChI=1S/C19H24N2O6S/c1-13-4-6-17(27-13)19(22)20-14-8-10-21(11-9-14)28(23,24)15-5-7-16(25-2)18(12-15)26-3/h4-7,12,14H,8-11H2,1-3H3,(H,20,22). The number of amides is 1. The van der Waals surface area contributed by atoms with Gasteiger partial charge in [0.05, 0.1) is 19.1 Å². The molecule has 1 aromatic carbocycles. The molecule has 28 heavy (non-hydrogen) atoms. The molecular formula is C19H24N2O6S. The first-order valence-corrected chi connectivity index (χ1v) is 10.4. The zero-order valence-corrected chi connectivity index (χ0v) is 16.9. The van der Waals surface area contributed by atoms with E-state index in [2.05, 4.69) is 5.32 Å². The van der Waals surface area contributed by atoms with Crippen LogP contribution in [0.25, 0.3) is 0 Å². The van der Waals surface area contributed by atoms with Crippen molar-refractivity contribution in [3.8, 4) is 11.5 Å². The molecule has 0 radical (unpaired) electrons. The number of hydrogen-bond acceptors (Lipinski definition) is 6. The molecule has 0 atom stereocenters.